The van der Waals surface area contributed by atoms with Crippen molar-refractivity contribution in [2.75, 3.05) is 6.54 Å². The first kappa shape index (κ1) is 8.73. The molecule has 0 saturated heterocycles. The van der Waals surface area contributed by atoms with E-state index < -0.39 is 0 Å². The maximum Gasteiger partial charge on any atom is 0.256 e. The van der Waals surface area contributed by atoms with Crippen LogP contribution in [0.4, 0.5) is 0 Å². The fourth-order valence-electron chi connectivity index (χ4n) is 0.683. The van der Waals surface area contributed by atoms with Gasteiger partial charge in [0, 0.05) is 12.6 Å². The van der Waals surface area contributed by atoms with E-state index in [1.165, 1.54) is 12.5 Å². The second kappa shape index (κ2) is 3.87. The highest BCUT2D eigenvalue weighted by Crippen LogP contribution is 1.96. The quantitative estimate of drug-likeness (QED) is 0.653. The minimum absolute atomic E-state index is 0.0348. The van der Waals surface area contributed by atoms with E-state index in [1.807, 2.05) is 6.92 Å². The molecular weight excluding hydrogens is 158 g/mol. The Hall–Kier alpha value is -1.36. The molecule has 0 aromatic carbocycles. The van der Waals surface area contributed by atoms with Crippen molar-refractivity contribution in [2.45, 2.75) is 13.0 Å². The number of hydrogen-bond acceptors (Lipinski definition) is 4. The van der Waals surface area contributed by atoms with Crippen LogP contribution in [0.3, 0.4) is 0 Å². The minimum atomic E-state index is -0.214. The molecule has 1 atom stereocenters. The normalized spacial score (nSPS) is 12.5. The van der Waals surface area contributed by atoms with Crippen LogP contribution in [0.25, 0.3) is 0 Å². The van der Waals surface area contributed by atoms with Gasteiger partial charge in [0.15, 0.2) is 0 Å². The molecule has 1 unspecified atom stereocenters. The lowest BCUT2D eigenvalue weighted by atomic mass is 10.3. The van der Waals surface area contributed by atoms with Crippen molar-refractivity contribution in [1.82, 2.24) is 10.5 Å². The third-order valence-electron chi connectivity index (χ3n) is 1.43. The zero-order chi connectivity index (χ0) is 8.97. The Morgan fingerprint density at radius 3 is 3.17 bits per heavy atom. The predicted molar refractivity (Wildman–Crippen MR) is 42.5 cm³/mol. The standard InChI is InChI=1S/C7H11N3O2/c1-5(2-8)10-7(11)6-3-9-12-4-6/h3-5H,2,8H2,1H3,(H,10,11). The van der Waals surface area contributed by atoms with Crippen LogP contribution in [0, 0.1) is 0 Å². The van der Waals surface area contributed by atoms with Gasteiger partial charge in [0.2, 0.25) is 0 Å². The molecule has 5 nitrogen and oxygen atoms in total. The molecule has 0 radical (unpaired) electrons. The van der Waals surface area contributed by atoms with Gasteiger partial charge in [-0.05, 0) is 6.92 Å². The highest BCUT2D eigenvalue weighted by atomic mass is 16.5. The van der Waals surface area contributed by atoms with Gasteiger partial charge < -0.3 is 15.6 Å². The summed E-state index contributed by atoms with van der Waals surface area (Å²) < 4.78 is 4.51. The molecule has 1 rings (SSSR count). The van der Waals surface area contributed by atoms with Crippen LogP contribution in [-0.4, -0.2) is 23.7 Å². The van der Waals surface area contributed by atoms with Crippen LogP contribution in [0.1, 0.15) is 17.3 Å². The number of nitrogens with one attached hydrogen (secondary N) is 1. The summed E-state index contributed by atoms with van der Waals surface area (Å²) in [6.45, 7) is 2.24. The SMILES string of the molecule is CC(CN)NC(=O)c1cnoc1. The summed E-state index contributed by atoms with van der Waals surface area (Å²) in [6, 6.07) is -0.0348. The fraction of sp³-hybridized carbons (Fsp3) is 0.429. The number of amides is 1. The second-order valence-electron chi connectivity index (χ2n) is 2.52. The Labute approximate surface area is 69.9 Å². The Balaban J connectivity index is 2.50. The van der Waals surface area contributed by atoms with Crippen molar-refractivity contribution in [2.24, 2.45) is 5.73 Å². The van der Waals surface area contributed by atoms with Gasteiger partial charge >= 0.3 is 0 Å². The van der Waals surface area contributed by atoms with Gasteiger partial charge in [-0.3, -0.25) is 4.79 Å². The summed E-state index contributed by atoms with van der Waals surface area (Å²) in [4.78, 5) is 11.2. The van der Waals surface area contributed by atoms with Crippen LogP contribution in [-0.2, 0) is 0 Å². The Bertz CT molecular complexity index is 245. The van der Waals surface area contributed by atoms with Crippen molar-refractivity contribution in [3.63, 3.8) is 0 Å². The van der Waals surface area contributed by atoms with E-state index in [0.29, 0.717) is 12.1 Å². The second-order valence-corrected chi connectivity index (χ2v) is 2.52. The lowest BCUT2D eigenvalue weighted by Gasteiger charge is -2.08. The van der Waals surface area contributed by atoms with Crippen LogP contribution >= 0.6 is 0 Å². The van der Waals surface area contributed by atoms with Crippen molar-refractivity contribution < 1.29 is 9.32 Å². The molecule has 66 valence electrons. The molecule has 1 aromatic heterocycles. The molecule has 0 fully saturated rings. The van der Waals surface area contributed by atoms with E-state index in [4.69, 9.17) is 5.73 Å². The molecule has 3 N–H and O–H groups in total. The monoisotopic (exact) mass is 169 g/mol. The number of nitrogens with two attached hydrogens (primary N) is 1. The van der Waals surface area contributed by atoms with E-state index in [-0.39, 0.29) is 11.9 Å². The van der Waals surface area contributed by atoms with E-state index in [2.05, 4.69) is 15.0 Å². The number of aromatic nitrogens is 1. The van der Waals surface area contributed by atoms with Crippen LogP contribution < -0.4 is 11.1 Å². The van der Waals surface area contributed by atoms with Crippen LogP contribution in [0.2, 0.25) is 0 Å². The molecule has 0 aliphatic rings. The number of carbonyl (C=O) groups is 1. The van der Waals surface area contributed by atoms with Gasteiger partial charge in [0.05, 0.1) is 11.8 Å². The van der Waals surface area contributed by atoms with Gasteiger partial charge in [0.25, 0.3) is 5.91 Å². The molecule has 1 amide bonds. The Kier molecular flexibility index (Phi) is 2.82. The average Bonchev–Trinajstić information content (AvgIpc) is 2.56. The maximum absolute atomic E-state index is 11.2. The lowest BCUT2D eigenvalue weighted by molar-refractivity contribution is 0.0940. The summed E-state index contributed by atoms with van der Waals surface area (Å²) in [5.41, 5.74) is 5.73. The van der Waals surface area contributed by atoms with Gasteiger partial charge in [-0.2, -0.15) is 0 Å². The van der Waals surface area contributed by atoms with Gasteiger partial charge in [0.1, 0.15) is 6.26 Å². The zero-order valence-electron chi connectivity index (χ0n) is 6.78. The first-order chi connectivity index (χ1) is 5.74. The molecule has 0 spiro atoms. The average molecular weight is 169 g/mol. The van der Waals surface area contributed by atoms with Crippen molar-refractivity contribution >= 4 is 5.91 Å². The van der Waals surface area contributed by atoms with Crippen LogP contribution in [0.5, 0.6) is 0 Å². The highest BCUT2D eigenvalue weighted by molar-refractivity contribution is 5.93. The molecule has 1 heterocycles. The summed E-state index contributed by atoms with van der Waals surface area (Å²) in [6.07, 6.45) is 2.65. The number of carbonyl (C=O) groups excluding carboxylic acids is 1. The summed E-state index contributed by atoms with van der Waals surface area (Å²) >= 11 is 0. The highest BCUT2D eigenvalue weighted by Gasteiger charge is 2.09. The van der Waals surface area contributed by atoms with Crippen molar-refractivity contribution in [3.05, 3.63) is 18.0 Å². The molecule has 12 heavy (non-hydrogen) atoms. The van der Waals surface area contributed by atoms with E-state index in [0.717, 1.165) is 0 Å². The van der Waals surface area contributed by atoms with Crippen LogP contribution in [0.15, 0.2) is 17.0 Å². The Morgan fingerprint density at radius 2 is 2.67 bits per heavy atom. The summed E-state index contributed by atoms with van der Waals surface area (Å²) in [5, 5.41) is 6.08. The van der Waals surface area contributed by atoms with E-state index >= 15 is 0 Å². The number of rotatable bonds is 3. The predicted octanol–water partition coefficient (Wildman–Crippen LogP) is -0.248. The molecule has 0 bridgehead atoms. The first-order valence-electron chi connectivity index (χ1n) is 3.64. The molecular formula is C7H11N3O2. The first-order valence-corrected chi connectivity index (χ1v) is 3.64. The van der Waals surface area contributed by atoms with Crippen molar-refractivity contribution in [3.8, 4) is 0 Å². The number of nitrogens with zero attached hydrogens (tertiary/aromatic N) is 1. The molecule has 0 aliphatic carbocycles. The van der Waals surface area contributed by atoms with Gasteiger partial charge in [-0.25, -0.2) is 0 Å². The van der Waals surface area contributed by atoms with E-state index in [1.54, 1.807) is 0 Å². The Morgan fingerprint density at radius 1 is 1.92 bits per heavy atom. The topological polar surface area (TPSA) is 81.1 Å². The minimum Gasteiger partial charge on any atom is -0.364 e. The smallest absolute Gasteiger partial charge is 0.256 e. The fourth-order valence-corrected chi connectivity index (χ4v) is 0.683. The largest absolute Gasteiger partial charge is 0.364 e. The maximum atomic E-state index is 11.2. The van der Waals surface area contributed by atoms with Gasteiger partial charge in [-0.15, -0.1) is 0 Å². The molecule has 0 aliphatic heterocycles. The molecule has 5 heteroatoms. The molecule has 0 saturated carbocycles. The van der Waals surface area contributed by atoms with E-state index in [9.17, 15) is 4.79 Å². The number of hydrogen-bond donors (Lipinski definition) is 2. The van der Waals surface area contributed by atoms with Crippen molar-refractivity contribution in [1.29, 1.82) is 0 Å². The summed E-state index contributed by atoms with van der Waals surface area (Å²) in [7, 11) is 0. The third kappa shape index (κ3) is 2.06. The summed E-state index contributed by atoms with van der Waals surface area (Å²) in [5.74, 6) is -0.214. The third-order valence-corrected chi connectivity index (χ3v) is 1.43. The molecule has 1 aromatic rings. The van der Waals surface area contributed by atoms with Gasteiger partial charge in [-0.1, -0.05) is 5.16 Å². The zero-order valence-corrected chi connectivity index (χ0v) is 6.78. The lowest BCUT2D eigenvalue weighted by Crippen LogP contribution is -2.37.